The smallest absolute Gasteiger partial charge is 0.335 e. The third kappa shape index (κ3) is 2.93. The van der Waals surface area contributed by atoms with E-state index in [1.54, 1.807) is 6.92 Å². The van der Waals surface area contributed by atoms with E-state index in [2.05, 4.69) is 9.82 Å². The highest BCUT2D eigenvalue weighted by molar-refractivity contribution is 7.92. The number of carboxylic acids is 1. The summed E-state index contributed by atoms with van der Waals surface area (Å²) in [6.45, 7) is 3.20. The lowest BCUT2D eigenvalue weighted by molar-refractivity contribution is 0.0697. The molecule has 0 amide bonds. The summed E-state index contributed by atoms with van der Waals surface area (Å²) in [4.78, 5) is 10.9. The Kier molecular flexibility index (Phi) is 4.17. The molecule has 7 nitrogen and oxygen atoms in total. The van der Waals surface area contributed by atoms with E-state index in [1.165, 1.54) is 36.9 Å². The maximum atomic E-state index is 12.5. The molecule has 0 aliphatic rings. The van der Waals surface area contributed by atoms with Crippen molar-refractivity contribution in [2.24, 2.45) is 7.05 Å². The first-order valence-corrected chi connectivity index (χ1v) is 8.05. The van der Waals surface area contributed by atoms with Crippen LogP contribution in [0.4, 0.5) is 5.69 Å². The maximum Gasteiger partial charge on any atom is 0.335 e. The minimum Gasteiger partial charge on any atom is -0.478 e. The summed E-state index contributed by atoms with van der Waals surface area (Å²) >= 11 is 5.97. The molecule has 0 spiro atoms. The Morgan fingerprint density at radius 3 is 2.50 bits per heavy atom. The molecule has 0 radical (unpaired) electrons. The van der Waals surface area contributed by atoms with Crippen LogP contribution in [0.2, 0.25) is 5.15 Å². The Morgan fingerprint density at radius 1 is 1.36 bits per heavy atom. The van der Waals surface area contributed by atoms with Gasteiger partial charge in [0.1, 0.15) is 10.0 Å². The van der Waals surface area contributed by atoms with Gasteiger partial charge in [-0.1, -0.05) is 17.7 Å². The monoisotopic (exact) mass is 343 g/mol. The van der Waals surface area contributed by atoms with Crippen molar-refractivity contribution in [2.75, 3.05) is 4.72 Å². The third-order valence-electron chi connectivity index (χ3n) is 3.10. The van der Waals surface area contributed by atoms with Gasteiger partial charge in [-0.3, -0.25) is 9.40 Å². The van der Waals surface area contributed by atoms with Crippen LogP contribution >= 0.6 is 11.6 Å². The number of carbonyl (C=O) groups is 1. The molecule has 118 valence electrons. The lowest BCUT2D eigenvalue weighted by atomic mass is 10.1. The molecule has 1 aromatic heterocycles. The molecule has 1 heterocycles. The number of hydrogen-bond donors (Lipinski definition) is 2. The number of nitrogens with one attached hydrogen (secondary N) is 1. The molecule has 22 heavy (non-hydrogen) atoms. The Balaban J connectivity index is 2.49. The average molecular weight is 344 g/mol. The summed E-state index contributed by atoms with van der Waals surface area (Å²) in [5.74, 6) is -1.14. The molecule has 0 fully saturated rings. The van der Waals surface area contributed by atoms with Gasteiger partial charge in [-0.25, -0.2) is 13.2 Å². The zero-order valence-electron chi connectivity index (χ0n) is 12.1. The predicted molar refractivity (Wildman–Crippen MR) is 81.9 cm³/mol. The average Bonchev–Trinajstić information content (AvgIpc) is 2.65. The summed E-state index contributed by atoms with van der Waals surface area (Å²) in [5, 5.41) is 12.9. The zero-order chi connectivity index (χ0) is 16.7. The molecule has 0 saturated carbocycles. The van der Waals surface area contributed by atoms with Crippen molar-refractivity contribution >= 4 is 33.3 Å². The minimum absolute atomic E-state index is 0.0164. The second-order valence-corrected chi connectivity index (χ2v) is 6.75. The van der Waals surface area contributed by atoms with Gasteiger partial charge >= 0.3 is 5.97 Å². The number of nitrogens with zero attached hydrogens (tertiary/aromatic N) is 2. The molecule has 9 heteroatoms. The number of aryl methyl sites for hydroxylation is 3. The van der Waals surface area contributed by atoms with Gasteiger partial charge in [0.2, 0.25) is 0 Å². The van der Waals surface area contributed by atoms with Gasteiger partial charge in [0.25, 0.3) is 10.0 Å². The first-order chi connectivity index (χ1) is 10.1. The number of carboxylic acid groups (broad SMARTS) is 1. The van der Waals surface area contributed by atoms with E-state index < -0.39 is 16.0 Å². The first-order valence-electron chi connectivity index (χ1n) is 6.19. The molecule has 0 atom stereocenters. The molecule has 0 aliphatic heterocycles. The number of rotatable bonds is 4. The first kappa shape index (κ1) is 16.3. The molecular weight excluding hydrogens is 330 g/mol. The van der Waals surface area contributed by atoms with E-state index in [1.807, 2.05) is 0 Å². The van der Waals surface area contributed by atoms with Crippen molar-refractivity contribution in [1.29, 1.82) is 0 Å². The number of aromatic nitrogens is 2. The van der Waals surface area contributed by atoms with Crippen LogP contribution in [0.3, 0.4) is 0 Å². The fourth-order valence-electron chi connectivity index (χ4n) is 1.98. The summed E-state index contributed by atoms with van der Waals surface area (Å²) in [6.07, 6.45) is 0. The predicted octanol–water partition coefficient (Wildman–Crippen LogP) is 2.19. The molecule has 0 aliphatic carbocycles. The standard InChI is InChI=1S/C13H14ClN3O4S/c1-7-4-5-9(13(18)19)6-10(7)16-22(20,21)11-8(2)15-17(3)12(11)14/h4-6,16H,1-3H3,(H,18,19). The number of aromatic carboxylic acids is 1. The minimum atomic E-state index is -3.98. The Morgan fingerprint density at radius 2 is 2.00 bits per heavy atom. The third-order valence-corrected chi connectivity index (χ3v) is 5.16. The van der Waals surface area contributed by atoms with Crippen LogP contribution in [0.15, 0.2) is 23.1 Å². The summed E-state index contributed by atoms with van der Waals surface area (Å²) in [7, 11) is -2.44. The normalized spacial score (nSPS) is 11.5. The number of halogens is 1. The van der Waals surface area contributed by atoms with Crippen molar-refractivity contribution < 1.29 is 18.3 Å². The second-order valence-electron chi connectivity index (χ2n) is 4.77. The lowest BCUT2D eigenvalue weighted by Crippen LogP contribution is -2.15. The van der Waals surface area contributed by atoms with Crippen LogP contribution in [0, 0.1) is 13.8 Å². The van der Waals surface area contributed by atoms with Crippen LogP contribution in [0.1, 0.15) is 21.6 Å². The van der Waals surface area contributed by atoms with Crippen LogP contribution in [-0.2, 0) is 17.1 Å². The summed E-state index contributed by atoms with van der Waals surface area (Å²) < 4.78 is 28.6. The van der Waals surface area contributed by atoms with E-state index in [0.29, 0.717) is 5.56 Å². The molecule has 0 bridgehead atoms. The number of benzene rings is 1. The van der Waals surface area contributed by atoms with Gasteiger partial charge in [-0.15, -0.1) is 0 Å². The lowest BCUT2D eigenvalue weighted by Gasteiger charge is -2.11. The molecule has 2 rings (SSSR count). The van der Waals surface area contributed by atoms with Crippen molar-refractivity contribution in [3.8, 4) is 0 Å². The van der Waals surface area contributed by atoms with Gasteiger partial charge < -0.3 is 5.11 Å². The van der Waals surface area contributed by atoms with E-state index >= 15 is 0 Å². The van der Waals surface area contributed by atoms with Crippen molar-refractivity contribution in [3.63, 3.8) is 0 Å². The van der Waals surface area contributed by atoms with Crippen molar-refractivity contribution in [2.45, 2.75) is 18.7 Å². The van der Waals surface area contributed by atoms with Gasteiger partial charge in [-0.2, -0.15) is 5.10 Å². The van der Waals surface area contributed by atoms with E-state index in [4.69, 9.17) is 16.7 Å². The zero-order valence-corrected chi connectivity index (χ0v) is 13.7. The van der Waals surface area contributed by atoms with Gasteiger partial charge in [-0.05, 0) is 31.5 Å². The van der Waals surface area contributed by atoms with Crippen LogP contribution in [0.5, 0.6) is 0 Å². The van der Waals surface area contributed by atoms with Gasteiger partial charge in [0.05, 0.1) is 16.9 Å². The quantitative estimate of drug-likeness (QED) is 0.886. The second kappa shape index (κ2) is 5.62. The van der Waals surface area contributed by atoms with Gasteiger partial charge in [0.15, 0.2) is 0 Å². The highest BCUT2D eigenvalue weighted by Crippen LogP contribution is 2.27. The summed E-state index contributed by atoms with van der Waals surface area (Å²) in [6, 6.07) is 4.19. The fourth-order valence-corrected chi connectivity index (χ4v) is 3.85. The van der Waals surface area contributed by atoms with E-state index in [-0.39, 0.29) is 27.0 Å². The molecule has 1 aromatic carbocycles. The SMILES string of the molecule is Cc1ccc(C(=O)O)cc1NS(=O)(=O)c1c(C)nn(C)c1Cl. The highest BCUT2D eigenvalue weighted by atomic mass is 35.5. The topological polar surface area (TPSA) is 101 Å². The van der Waals surface area contributed by atoms with Crippen LogP contribution in [0.25, 0.3) is 0 Å². The van der Waals surface area contributed by atoms with E-state index in [0.717, 1.165) is 0 Å². The summed E-state index contributed by atoms with van der Waals surface area (Å²) in [5.41, 5.74) is 1.01. The number of sulfonamides is 1. The van der Waals surface area contributed by atoms with E-state index in [9.17, 15) is 13.2 Å². The van der Waals surface area contributed by atoms with Gasteiger partial charge in [0, 0.05) is 7.05 Å². The molecule has 2 N–H and O–H groups in total. The maximum absolute atomic E-state index is 12.5. The van der Waals surface area contributed by atoms with Crippen LogP contribution < -0.4 is 4.72 Å². The Hall–Kier alpha value is -2.06. The van der Waals surface area contributed by atoms with Crippen LogP contribution in [-0.4, -0.2) is 29.3 Å². The van der Waals surface area contributed by atoms with Crippen molar-refractivity contribution in [3.05, 3.63) is 40.2 Å². The highest BCUT2D eigenvalue weighted by Gasteiger charge is 2.26. The molecule has 2 aromatic rings. The molecule has 0 saturated heterocycles. The fraction of sp³-hybridized carbons (Fsp3) is 0.231. The van der Waals surface area contributed by atoms with Crippen molar-refractivity contribution in [1.82, 2.24) is 9.78 Å². The largest absolute Gasteiger partial charge is 0.478 e. The Labute approximate surface area is 132 Å². The molecular formula is C13H14ClN3O4S. The number of anilines is 1. The molecule has 0 unspecified atom stereocenters. The number of hydrogen-bond acceptors (Lipinski definition) is 4. The Bertz CT molecular complexity index is 858.